The number of aliphatic hydroxyl groups is 1. The topological polar surface area (TPSA) is 57.6 Å². The number of hydrogen-bond donors (Lipinski definition) is 1. The van der Waals surface area contributed by atoms with E-state index in [9.17, 15) is 13.5 Å². The van der Waals surface area contributed by atoms with Crippen LogP contribution in [0.15, 0.2) is 23.1 Å². The smallest absolute Gasteiger partial charge is 0.243 e. The minimum absolute atomic E-state index is 0.104. The van der Waals surface area contributed by atoms with Gasteiger partial charge in [0, 0.05) is 13.1 Å². The number of aryl methyl sites for hydroxylation is 1. The normalized spacial score (nSPS) is 17.3. The maximum absolute atomic E-state index is 12.7. The molecule has 118 valence electrons. The van der Waals surface area contributed by atoms with Gasteiger partial charge in [-0.2, -0.15) is 4.31 Å². The van der Waals surface area contributed by atoms with Gasteiger partial charge in [-0.3, -0.25) is 0 Å². The van der Waals surface area contributed by atoms with Crippen LogP contribution in [0, 0.1) is 0 Å². The summed E-state index contributed by atoms with van der Waals surface area (Å²) < 4.78 is 27.0. The first kappa shape index (κ1) is 16.5. The molecule has 1 aromatic carbocycles. The predicted molar refractivity (Wildman–Crippen MR) is 83.6 cm³/mol. The van der Waals surface area contributed by atoms with Crippen LogP contribution in [0.4, 0.5) is 0 Å². The minimum atomic E-state index is -3.47. The van der Waals surface area contributed by atoms with Crippen LogP contribution in [0.25, 0.3) is 0 Å². The first-order valence-electron chi connectivity index (χ1n) is 7.71. The third kappa shape index (κ3) is 3.47. The van der Waals surface area contributed by atoms with Crippen LogP contribution in [-0.2, 0) is 23.1 Å². The second-order valence-electron chi connectivity index (χ2n) is 5.76. The molecule has 5 heteroatoms. The molecule has 0 heterocycles. The lowest BCUT2D eigenvalue weighted by molar-refractivity contribution is 0.279. The molecule has 0 amide bonds. The Morgan fingerprint density at radius 1 is 1.19 bits per heavy atom. The molecule has 0 radical (unpaired) electrons. The van der Waals surface area contributed by atoms with Crippen LogP contribution in [0.3, 0.4) is 0 Å². The second kappa shape index (κ2) is 6.90. The molecular formula is C16H25NO3S. The average Bonchev–Trinajstić information content (AvgIpc) is 2.54. The van der Waals surface area contributed by atoms with Crippen molar-refractivity contribution in [1.82, 2.24) is 4.31 Å². The maximum Gasteiger partial charge on any atom is 0.243 e. The number of nitrogens with zero attached hydrogens (tertiary/aromatic N) is 1. The van der Waals surface area contributed by atoms with Crippen molar-refractivity contribution in [3.8, 4) is 0 Å². The van der Waals surface area contributed by atoms with Crippen LogP contribution in [0.5, 0.6) is 0 Å². The summed E-state index contributed by atoms with van der Waals surface area (Å²) in [6.45, 7) is 1.87. The summed E-state index contributed by atoms with van der Waals surface area (Å²) in [6.07, 6.45) is 6.06. The van der Waals surface area contributed by atoms with Crippen molar-refractivity contribution in [2.24, 2.45) is 0 Å². The SMILES string of the molecule is CCc1ccc(S(=O)(=O)N(C)C2CCCCC2)cc1CO. The quantitative estimate of drug-likeness (QED) is 0.909. The van der Waals surface area contributed by atoms with Gasteiger partial charge < -0.3 is 5.11 Å². The molecule has 1 aromatic rings. The van der Waals surface area contributed by atoms with E-state index in [0.29, 0.717) is 5.56 Å². The Bertz CT molecular complexity index is 577. The minimum Gasteiger partial charge on any atom is -0.392 e. The van der Waals surface area contributed by atoms with Gasteiger partial charge in [0.1, 0.15) is 0 Å². The van der Waals surface area contributed by atoms with E-state index in [-0.39, 0.29) is 17.5 Å². The molecule has 1 N–H and O–H groups in total. The zero-order valence-electron chi connectivity index (χ0n) is 12.9. The van der Waals surface area contributed by atoms with Gasteiger partial charge in [-0.05, 0) is 42.5 Å². The highest BCUT2D eigenvalue weighted by Crippen LogP contribution is 2.27. The summed E-state index contributed by atoms with van der Waals surface area (Å²) >= 11 is 0. The summed E-state index contributed by atoms with van der Waals surface area (Å²) in [6, 6.07) is 5.19. The van der Waals surface area contributed by atoms with Gasteiger partial charge in [0.05, 0.1) is 11.5 Å². The highest BCUT2D eigenvalue weighted by Gasteiger charge is 2.29. The molecule has 1 aliphatic rings. The van der Waals surface area contributed by atoms with E-state index in [4.69, 9.17) is 0 Å². The molecule has 1 fully saturated rings. The number of sulfonamides is 1. The van der Waals surface area contributed by atoms with Gasteiger partial charge in [-0.25, -0.2) is 8.42 Å². The number of aliphatic hydroxyl groups excluding tert-OH is 1. The fraction of sp³-hybridized carbons (Fsp3) is 0.625. The molecule has 21 heavy (non-hydrogen) atoms. The van der Waals surface area contributed by atoms with Crippen molar-refractivity contribution in [1.29, 1.82) is 0 Å². The van der Waals surface area contributed by atoms with Gasteiger partial charge in [-0.1, -0.05) is 32.3 Å². The number of benzene rings is 1. The molecular weight excluding hydrogens is 286 g/mol. The fourth-order valence-corrected chi connectivity index (χ4v) is 4.53. The predicted octanol–water partition coefficient (Wildman–Crippen LogP) is 2.69. The van der Waals surface area contributed by atoms with Crippen molar-refractivity contribution < 1.29 is 13.5 Å². The molecule has 2 rings (SSSR count). The van der Waals surface area contributed by atoms with Crippen molar-refractivity contribution in [3.05, 3.63) is 29.3 Å². The third-order valence-electron chi connectivity index (χ3n) is 4.49. The first-order valence-corrected chi connectivity index (χ1v) is 9.15. The first-order chi connectivity index (χ1) is 10.0. The average molecular weight is 311 g/mol. The highest BCUT2D eigenvalue weighted by molar-refractivity contribution is 7.89. The Hall–Kier alpha value is -0.910. The molecule has 1 saturated carbocycles. The van der Waals surface area contributed by atoms with Gasteiger partial charge >= 0.3 is 0 Å². The second-order valence-corrected chi connectivity index (χ2v) is 7.75. The van der Waals surface area contributed by atoms with E-state index in [0.717, 1.165) is 37.7 Å². The number of hydrogen-bond acceptors (Lipinski definition) is 3. The lowest BCUT2D eigenvalue weighted by Crippen LogP contribution is -2.38. The van der Waals surface area contributed by atoms with Gasteiger partial charge in [0.25, 0.3) is 0 Å². The van der Waals surface area contributed by atoms with Crippen LogP contribution in [0.1, 0.15) is 50.2 Å². The molecule has 0 atom stereocenters. The molecule has 0 saturated heterocycles. The van der Waals surface area contributed by atoms with Crippen molar-refractivity contribution in [2.75, 3.05) is 7.05 Å². The van der Waals surface area contributed by atoms with Crippen LogP contribution in [0.2, 0.25) is 0 Å². The molecule has 1 aliphatic carbocycles. The Morgan fingerprint density at radius 3 is 2.43 bits per heavy atom. The molecule has 0 spiro atoms. The molecule has 0 bridgehead atoms. The summed E-state index contributed by atoms with van der Waals surface area (Å²) in [5.74, 6) is 0. The van der Waals surface area contributed by atoms with Crippen LogP contribution < -0.4 is 0 Å². The van der Waals surface area contributed by atoms with Crippen LogP contribution in [-0.4, -0.2) is 30.9 Å². The van der Waals surface area contributed by atoms with E-state index < -0.39 is 10.0 Å². The van der Waals surface area contributed by atoms with Gasteiger partial charge in [-0.15, -0.1) is 0 Å². The Kier molecular flexibility index (Phi) is 5.41. The molecule has 0 aliphatic heterocycles. The van der Waals surface area contributed by atoms with Crippen molar-refractivity contribution >= 4 is 10.0 Å². The molecule has 0 unspecified atom stereocenters. The highest BCUT2D eigenvalue weighted by atomic mass is 32.2. The largest absolute Gasteiger partial charge is 0.392 e. The summed E-state index contributed by atoms with van der Waals surface area (Å²) in [4.78, 5) is 0.289. The number of rotatable bonds is 5. The Labute approximate surface area is 127 Å². The maximum atomic E-state index is 12.7. The molecule has 4 nitrogen and oxygen atoms in total. The summed E-state index contributed by atoms with van der Waals surface area (Å²) in [5, 5.41) is 9.42. The monoisotopic (exact) mass is 311 g/mol. The summed E-state index contributed by atoms with van der Waals surface area (Å²) in [7, 11) is -1.80. The van der Waals surface area contributed by atoms with E-state index in [1.807, 2.05) is 13.0 Å². The third-order valence-corrected chi connectivity index (χ3v) is 6.40. The lowest BCUT2D eigenvalue weighted by Gasteiger charge is -2.30. The zero-order valence-corrected chi connectivity index (χ0v) is 13.7. The fourth-order valence-electron chi connectivity index (χ4n) is 3.06. The van der Waals surface area contributed by atoms with E-state index in [1.54, 1.807) is 19.2 Å². The molecule has 0 aromatic heterocycles. The Balaban J connectivity index is 2.30. The van der Waals surface area contributed by atoms with E-state index in [1.165, 1.54) is 10.7 Å². The van der Waals surface area contributed by atoms with E-state index in [2.05, 4.69) is 0 Å². The van der Waals surface area contributed by atoms with Crippen LogP contribution >= 0.6 is 0 Å². The zero-order chi connectivity index (χ0) is 15.5. The van der Waals surface area contributed by atoms with Gasteiger partial charge in [0.2, 0.25) is 10.0 Å². The standard InChI is InChI=1S/C16H25NO3S/c1-3-13-9-10-16(11-14(13)12-18)21(19,20)17(2)15-7-5-4-6-8-15/h9-11,15,18H,3-8,12H2,1-2H3. The van der Waals surface area contributed by atoms with Gasteiger partial charge in [0.15, 0.2) is 0 Å². The lowest BCUT2D eigenvalue weighted by atomic mass is 9.96. The Morgan fingerprint density at radius 2 is 1.86 bits per heavy atom. The van der Waals surface area contributed by atoms with Crippen molar-refractivity contribution in [2.45, 2.75) is 63.0 Å². The summed E-state index contributed by atoms with van der Waals surface area (Å²) in [5.41, 5.74) is 1.70. The van der Waals surface area contributed by atoms with E-state index >= 15 is 0 Å². The van der Waals surface area contributed by atoms with Crippen molar-refractivity contribution in [3.63, 3.8) is 0 Å².